The van der Waals surface area contributed by atoms with Crippen molar-refractivity contribution in [3.05, 3.63) is 54.1 Å². The molecule has 0 aliphatic heterocycles. The molecule has 0 spiro atoms. The molecule has 9 nitrogen and oxygen atoms in total. The van der Waals surface area contributed by atoms with Crippen LogP contribution in [0, 0.1) is 6.92 Å². The summed E-state index contributed by atoms with van der Waals surface area (Å²) >= 11 is 0. The zero-order valence-corrected chi connectivity index (χ0v) is 17.0. The number of benzene rings is 1. The number of aliphatic carboxylic acids is 1. The third-order valence-corrected chi connectivity index (χ3v) is 4.20. The topological polar surface area (TPSA) is 122 Å². The summed E-state index contributed by atoms with van der Waals surface area (Å²) in [6, 6.07) is 5.04. The quantitative estimate of drug-likeness (QED) is 0.475. The first-order valence-corrected chi connectivity index (χ1v) is 9.25. The van der Waals surface area contributed by atoms with Crippen LogP contribution < -0.4 is 10.6 Å². The van der Waals surface area contributed by atoms with Gasteiger partial charge in [0.2, 0.25) is 11.9 Å². The normalized spacial score (nSPS) is 12.3. The summed E-state index contributed by atoms with van der Waals surface area (Å²) in [7, 11) is 1.38. The van der Waals surface area contributed by atoms with Crippen molar-refractivity contribution in [2.24, 2.45) is 0 Å². The van der Waals surface area contributed by atoms with Gasteiger partial charge in [0.15, 0.2) is 6.04 Å². The molecule has 2 heterocycles. The number of rotatable bonds is 8. The zero-order valence-electron chi connectivity index (χ0n) is 17.0. The highest BCUT2D eigenvalue weighted by Gasteiger charge is 2.32. The molecular formula is C20H19F3N6O3. The molecule has 0 amide bonds. The monoisotopic (exact) mass is 448 g/mol. The van der Waals surface area contributed by atoms with E-state index in [0.29, 0.717) is 16.8 Å². The lowest BCUT2D eigenvalue weighted by Crippen LogP contribution is -2.34. The van der Waals surface area contributed by atoms with Gasteiger partial charge in [-0.25, -0.2) is 24.7 Å². The summed E-state index contributed by atoms with van der Waals surface area (Å²) in [5, 5.41) is 14.6. The van der Waals surface area contributed by atoms with Crippen LogP contribution in [0.1, 0.15) is 11.3 Å². The third-order valence-electron chi connectivity index (χ3n) is 4.20. The van der Waals surface area contributed by atoms with Gasteiger partial charge in [-0.1, -0.05) is 6.07 Å². The number of ether oxygens (including phenoxy) is 1. The molecule has 0 radical (unpaired) electrons. The molecule has 3 aromatic rings. The summed E-state index contributed by atoms with van der Waals surface area (Å²) < 4.78 is 43.5. The fourth-order valence-corrected chi connectivity index (χ4v) is 2.78. The lowest BCUT2D eigenvalue weighted by Gasteiger charge is -2.14. The highest BCUT2D eigenvalue weighted by atomic mass is 19.4. The predicted octanol–water partition coefficient (Wildman–Crippen LogP) is 3.52. The number of nitrogens with one attached hydrogen (secondary N) is 2. The second-order valence-electron chi connectivity index (χ2n) is 6.76. The van der Waals surface area contributed by atoms with Crippen LogP contribution in [0.2, 0.25) is 0 Å². The van der Waals surface area contributed by atoms with E-state index in [1.165, 1.54) is 19.5 Å². The molecule has 0 aliphatic rings. The van der Waals surface area contributed by atoms with Crippen LogP contribution in [0.4, 0.5) is 30.8 Å². The van der Waals surface area contributed by atoms with E-state index in [0.717, 1.165) is 17.8 Å². The number of aromatic nitrogens is 4. The fraction of sp³-hybridized carbons (Fsp3) is 0.250. The van der Waals surface area contributed by atoms with Gasteiger partial charge in [0.1, 0.15) is 5.69 Å². The zero-order chi connectivity index (χ0) is 23.3. The van der Waals surface area contributed by atoms with Gasteiger partial charge in [-0.2, -0.15) is 13.2 Å². The minimum absolute atomic E-state index is 0.0645. The van der Waals surface area contributed by atoms with Crippen LogP contribution in [0.5, 0.6) is 0 Å². The van der Waals surface area contributed by atoms with E-state index < -0.39 is 23.9 Å². The van der Waals surface area contributed by atoms with Gasteiger partial charge in [-0.05, 0) is 36.2 Å². The fourth-order valence-electron chi connectivity index (χ4n) is 2.78. The summed E-state index contributed by atoms with van der Waals surface area (Å²) in [4.78, 5) is 26.8. The Morgan fingerprint density at radius 1 is 1.12 bits per heavy atom. The van der Waals surface area contributed by atoms with E-state index in [-0.39, 0.29) is 18.5 Å². The number of carboxylic acid groups (broad SMARTS) is 1. The predicted molar refractivity (Wildman–Crippen MR) is 109 cm³/mol. The molecule has 0 bridgehead atoms. The number of carboxylic acids is 1. The van der Waals surface area contributed by atoms with Crippen LogP contribution in [0.3, 0.4) is 0 Å². The molecule has 0 saturated heterocycles. The summed E-state index contributed by atoms with van der Waals surface area (Å²) in [6.45, 7) is 1.76. The Balaban J connectivity index is 1.81. The standard InChI is InChI=1S/C20H19F3N6O3/c1-11-5-12(13-8-25-18(26-9-13)28-15(10-32-2)17(30)31)7-14(6-11)27-19-24-4-3-16(29-19)20(21,22)23/h3-9,15H,10H2,1-2H3,(H,30,31)(H,24,27,29)(H,25,26,28). The van der Waals surface area contributed by atoms with Crippen LogP contribution >= 0.6 is 0 Å². The van der Waals surface area contributed by atoms with Gasteiger partial charge in [0, 0.05) is 37.0 Å². The highest BCUT2D eigenvalue weighted by molar-refractivity contribution is 5.77. The number of anilines is 3. The highest BCUT2D eigenvalue weighted by Crippen LogP contribution is 2.29. The molecule has 1 atom stereocenters. The summed E-state index contributed by atoms with van der Waals surface area (Å²) in [5.41, 5.74) is 1.56. The maximum Gasteiger partial charge on any atom is 0.433 e. The summed E-state index contributed by atoms with van der Waals surface area (Å²) in [6.07, 6.45) is -0.545. The molecule has 1 unspecified atom stereocenters. The molecule has 0 saturated carbocycles. The maximum atomic E-state index is 12.9. The minimum Gasteiger partial charge on any atom is -0.480 e. The number of carbonyl (C=O) groups is 1. The van der Waals surface area contributed by atoms with Crippen LogP contribution in [-0.4, -0.2) is 50.8 Å². The smallest absolute Gasteiger partial charge is 0.433 e. The van der Waals surface area contributed by atoms with Gasteiger partial charge in [-0.15, -0.1) is 0 Å². The second-order valence-corrected chi connectivity index (χ2v) is 6.76. The molecule has 12 heteroatoms. The van der Waals surface area contributed by atoms with Crippen molar-refractivity contribution < 1.29 is 27.8 Å². The Morgan fingerprint density at radius 2 is 1.84 bits per heavy atom. The van der Waals surface area contributed by atoms with Gasteiger partial charge in [0.25, 0.3) is 0 Å². The molecule has 3 N–H and O–H groups in total. The Labute approximate surface area is 180 Å². The van der Waals surface area contributed by atoms with Gasteiger partial charge >= 0.3 is 12.1 Å². The largest absolute Gasteiger partial charge is 0.480 e. The van der Waals surface area contributed by atoms with Crippen molar-refractivity contribution in [2.45, 2.75) is 19.1 Å². The van der Waals surface area contributed by atoms with E-state index in [2.05, 4.69) is 30.6 Å². The Morgan fingerprint density at radius 3 is 2.47 bits per heavy atom. The third kappa shape index (κ3) is 5.88. The summed E-state index contributed by atoms with van der Waals surface area (Å²) in [5.74, 6) is -1.18. The second kappa shape index (κ2) is 9.56. The van der Waals surface area contributed by atoms with Crippen LogP contribution in [0.25, 0.3) is 11.1 Å². The lowest BCUT2D eigenvalue weighted by molar-refractivity contribution is -0.141. The van der Waals surface area contributed by atoms with Crippen molar-refractivity contribution in [3.8, 4) is 11.1 Å². The first-order valence-electron chi connectivity index (χ1n) is 9.25. The van der Waals surface area contributed by atoms with Crippen molar-refractivity contribution in [2.75, 3.05) is 24.4 Å². The minimum atomic E-state index is -4.58. The molecule has 32 heavy (non-hydrogen) atoms. The van der Waals surface area contributed by atoms with E-state index >= 15 is 0 Å². The number of methoxy groups -OCH3 is 1. The molecule has 0 fully saturated rings. The Kier molecular flexibility index (Phi) is 6.83. The molecule has 3 rings (SSSR count). The van der Waals surface area contributed by atoms with Crippen molar-refractivity contribution in [1.29, 1.82) is 0 Å². The molecule has 168 valence electrons. The number of hydrogen-bond donors (Lipinski definition) is 3. The average Bonchev–Trinajstić information content (AvgIpc) is 2.73. The first-order chi connectivity index (χ1) is 15.2. The van der Waals surface area contributed by atoms with E-state index in [1.807, 2.05) is 13.0 Å². The van der Waals surface area contributed by atoms with E-state index in [4.69, 9.17) is 9.84 Å². The van der Waals surface area contributed by atoms with Crippen molar-refractivity contribution in [3.63, 3.8) is 0 Å². The number of nitrogens with zero attached hydrogens (tertiary/aromatic N) is 4. The molecule has 1 aromatic carbocycles. The molecule has 0 aliphatic carbocycles. The van der Waals surface area contributed by atoms with Crippen LogP contribution in [0.15, 0.2) is 42.9 Å². The number of hydrogen-bond acceptors (Lipinski definition) is 8. The Bertz CT molecular complexity index is 1090. The number of halogens is 3. The van der Waals surface area contributed by atoms with E-state index in [9.17, 15) is 18.0 Å². The van der Waals surface area contributed by atoms with Crippen molar-refractivity contribution in [1.82, 2.24) is 19.9 Å². The van der Waals surface area contributed by atoms with Crippen molar-refractivity contribution >= 4 is 23.6 Å². The van der Waals surface area contributed by atoms with E-state index in [1.54, 1.807) is 12.1 Å². The molecule has 2 aromatic heterocycles. The number of aryl methyl sites for hydroxylation is 1. The SMILES string of the molecule is COCC(Nc1ncc(-c2cc(C)cc(Nc3nccc(C(F)(F)F)n3)c2)cn1)C(=O)O. The molecular weight excluding hydrogens is 429 g/mol. The van der Waals surface area contributed by atoms with Gasteiger partial charge in [-0.3, -0.25) is 0 Å². The average molecular weight is 448 g/mol. The maximum absolute atomic E-state index is 12.9. The first kappa shape index (κ1) is 22.9. The lowest BCUT2D eigenvalue weighted by atomic mass is 10.1. The van der Waals surface area contributed by atoms with Crippen LogP contribution in [-0.2, 0) is 15.7 Å². The van der Waals surface area contributed by atoms with Gasteiger partial charge < -0.3 is 20.5 Å². The number of alkyl halides is 3. The van der Waals surface area contributed by atoms with Gasteiger partial charge in [0.05, 0.1) is 6.61 Å². The Hall–Kier alpha value is -3.80.